The molecular weight excluding hydrogens is 209 g/mol. The molecule has 0 aromatic carbocycles. The van der Waals surface area contributed by atoms with Crippen LogP contribution in [0.5, 0.6) is 0 Å². The van der Waals surface area contributed by atoms with Gasteiger partial charge in [0.05, 0.1) is 6.61 Å². The molecular formula is C7H10FN3O2S. The van der Waals surface area contributed by atoms with Crippen molar-refractivity contribution >= 4 is 18.1 Å². The van der Waals surface area contributed by atoms with E-state index in [1.54, 1.807) is 0 Å². The van der Waals surface area contributed by atoms with Gasteiger partial charge in [-0.3, -0.25) is 4.90 Å². The van der Waals surface area contributed by atoms with Gasteiger partial charge < -0.3 is 15.2 Å². The summed E-state index contributed by atoms with van der Waals surface area (Å²) in [6.45, 7) is 0.553. The summed E-state index contributed by atoms with van der Waals surface area (Å²) in [6.07, 6.45) is 0.659. The van der Waals surface area contributed by atoms with Crippen molar-refractivity contribution in [3.63, 3.8) is 0 Å². The summed E-state index contributed by atoms with van der Waals surface area (Å²) in [5, 5.41) is 2.09. The second-order valence-corrected chi connectivity index (χ2v) is 3.96. The molecule has 0 aromatic rings. The molecule has 0 saturated carbocycles. The minimum absolute atomic E-state index is 0.204. The molecule has 0 radical (unpaired) electrons. The highest BCUT2D eigenvalue weighted by Gasteiger charge is 2.36. The number of nitrogens with zero attached hydrogens (tertiary/aromatic N) is 1. The van der Waals surface area contributed by atoms with Gasteiger partial charge in [0.1, 0.15) is 11.5 Å². The molecule has 14 heavy (non-hydrogen) atoms. The Morgan fingerprint density at radius 1 is 1.79 bits per heavy atom. The van der Waals surface area contributed by atoms with Gasteiger partial charge in [0.2, 0.25) is 0 Å². The van der Waals surface area contributed by atoms with Crippen LogP contribution in [0.2, 0.25) is 0 Å². The number of carbonyl (C=O) groups excluding carboxylic acids is 1. The maximum atomic E-state index is 13.1. The largest absolute Gasteiger partial charge is 0.324 e. The van der Waals surface area contributed by atoms with E-state index in [1.165, 1.54) is 4.90 Å². The molecule has 2 aliphatic rings. The summed E-state index contributed by atoms with van der Waals surface area (Å²) < 4.78 is 18.1. The van der Waals surface area contributed by atoms with E-state index in [9.17, 15) is 9.18 Å². The van der Waals surface area contributed by atoms with Crippen molar-refractivity contribution in [2.24, 2.45) is 5.73 Å². The van der Waals surface area contributed by atoms with Crippen molar-refractivity contribution in [2.75, 3.05) is 6.61 Å². The van der Waals surface area contributed by atoms with Gasteiger partial charge in [-0.2, -0.15) is 0 Å². The molecule has 2 unspecified atom stereocenters. The van der Waals surface area contributed by atoms with Gasteiger partial charge in [-0.15, -0.1) is 0 Å². The molecule has 5 nitrogen and oxygen atoms in total. The van der Waals surface area contributed by atoms with Crippen molar-refractivity contribution in [1.82, 2.24) is 10.2 Å². The Bertz CT molecular complexity index is 280. The summed E-state index contributed by atoms with van der Waals surface area (Å²) in [5.41, 5.74) is 5.55. The molecule has 78 valence electrons. The van der Waals surface area contributed by atoms with E-state index >= 15 is 0 Å². The van der Waals surface area contributed by atoms with Crippen molar-refractivity contribution < 1.29 is 13.4 Å². The Morgan fingerprint density at radius 3 is 3.21 bits per heavy atom. The van der Waals surface area contributed by atoms with Crippen molar-refractivity contribution in [2.45, 2.75) is 18.0 Å². The average molecular weight is 219 g/mol. The molecule has 2 rings (SSSR count). The number of rotatable bonds is 1. The van der Waals surface area contributed by atoms with E-state index in [1.807, 2.05) is 0 Å². The first-order valence-electron chi connectivity index (χ1n) is 4.18. The number of hydrogen-bond donors (Lipinski definition) is 2. The van der Waals surface area contributed by atoms with Crippen LogP contribution in [0.25, 0.3) is 0 Å². The van der Waals surface area contributed by atoms with Crippen molar-refractivity contribution in [3.05, 3.63) is 12.0 Å². The van der Waals surface area contributed by atoms with Gasteiger partial charge >= 0.3 is 6.03 Å². The SMILES string of the molecule is NC1C(F)=CNC(=O)N1C1CCOS1. The maximum Gasteiger partial charge on any atom is 0.324 e. The highest BCUT2D eigenvalue weighted by molar-refractivity contribution is 7.95. The lowest BCUT2D eigenvalue weighted by Gasteiger charge is -2.33. The van der Waals surface area contributed by atoms with Crippen LogP contribution in [0, 0.1) is 0 Å². The van der Waals surface area contributed by atoms with Crippen LogP contribution >= 0.6 is 12.0 Å². The summed E-state index contributed by atoms with van der Waals surface area (Å²) >= 11 is 1.15. The fraction of sp³-hybridized carbons (Fsp3) is 0.571. The van der Waals surface area contributed by atoms with E-state index in [-0.39, 0.29) is 11.4 Å². The second-order valence-electron chi connectivity index (χ2n) is 2.99. The molecule has 0 spiro atoms. The van der Waals surface area contributed by atoms with Gasteiger partial charge in [-0.05, 0) is 0 Å². The van der Waals surface area contributed by atoms with Gasteiger partial charge in [0, 0.05) is 24.7 Å². The first-order valence-corrected chi connectivity index (χ1v) is 4.99. The Morgan fingerprint density at radius 2 is 2.57 bits per heavy atom. The monoisotopic (exact) mass is 219 g/mol. The van der Waals surface area contributed by atoms with E-state index < -0.39 is 12.0 Å². The van der Waals surface area contributed by atoms with Crippen LogP contribution in [0.1, 0.15) is 6.42 Å². The molecule has 1 fully saturated rings. The maximum absolute atomic E-state index is 13.1. The number of halogens is 1. The molecule has 2 heterocycles. The van der Waals surface area contributed by atoms with Gasteiger partial charge in [-0.25, -0.2) is 9.18 Å². The number of amides is 2. The molecule has 2 amide bonds. The van der Waals surface area contributed by atoms with Crippen LogP contribution in [-0.4, -0.2) is 29.1 Å². The molecule has 7 heteroatoms. The molecule has 3 N–H and O–H groups in total. The number of nitrogens with two attached hydrogens (primary N) is 1. The molecule has 0 aromatic heterocycles. The number of urea groups is 1. The van der Waals surface area contributed by atoms with E-state index in [0.29, 0.717) is 13.0 Å². The predicted molar refractivity (Wildman–Crippen MR) is 49.5 cm³/mol. The molecule has 1 saturated heterocycles. The molecule has 0 aliphatic carbocycles. The van der Waals surface area contributed by atoms with Gasteiger partial charge in [-0.1, -0.05) is 0 Å². The summed E-state index contributed by atoms with van der Waals surface area (Å²) in [7, 11) is 0. The fourth-order valence-corrected chi connectivity index (χ4v) is 2.23. The molecule has 2 atom stereocenters. The molecule has 2 aliphatic heterocycles. The molecule has 0 bridgehead atoms. The Kier molecular flexibility index (Phi) is 2.62. The standard InChI is InChI=1S/C7H10FN3O2S/c8-4-3-10-7(12)11(6(4)9)5-1-2-13-14-5/h3,5-6H,1-2,9H2,(H,10,12). The predicted octanol–water partition coefficient (Wildman–Crippen LogP) is 0.502. The lowest BCUT2D eigenvalue weighted by molar-refractivity contribution is 0.166. The van der Waals surface area contributed by atoms with E-state index in [2.05, 4.69) is 5.32 Å². The van der Waals surface area contributed by atoms with E-state index in [0.717, 1.165) is 18.2 Å². The van der Waals surface area contributed by atoms with Gasteiger partial charge in [0.15, 0.2) is 5.83 Å². The number of carbonyl (C=O) groups is 1. The Labute approximate surface area is 84.6 Å². The third kappa shape index (κ3) is 1.58. The van der Waals surface area contributed by atoms with Crippen LogP contribution in [0.15, 0.2) is 12.0 Å². The second kappa shape index (κ2) is 3.76. The first kappa shape index (κ1) is 9.75. The average Bonchev–Trinajstić information content (AvgIpc) is 2.65. The Balaban J connectivity index is 2.15. The number of nitrogens with one attached hydrogen (secondary N) is 1. The van der Waals surface area contributed by atoms with Crippen molar-refractivity contribution in [3.8, 4) is 0 Å². The normalized spacial score (nSPS) is 32.9. The topological polar surface area (TPSA) is 67.6 Å². The lowest BCUT2D eigenvalue weighted by Crippen LogP contribution is -2.56. The Hall–Kier alpha value is -0.790. The summed E-state index contributed by atoms with van der Waals surface area (Å²) in [5.74, 6) is -0.544. The zero-order valence-corrected chi connectivity index (χ0v) is 8.09. The summed E-state index contributed by atoms with van der Waals surface area (Å²) in [6, 6.07) is -0.387. The first-order chi connectivity index (χ1) is 6.70. The van der Waals surface area contributed by atoms with Crippen LogP contribution < -0.4 is 11.1 Å². The lowest BCUT2D eigenvalue weighted by atomic mass is 10.3. The van der Waals surface area contributed by atoms with Gasteiger partial charge in [0.25, 0.3) is 0 Å². The minimum Gasteiger partial charge on any atom is -0.313 e. The van der Waals surface area contributed by atoms with Crippen LogP contribution in [0.3, 0.4) is 0 Å². The fourth-order valence-electron chi connectivity index (χ4n) is 1.37. The highest BCUT2D eigenvalue weighted by Crippen LogP contribution is 2.30. The number of hydrogen-bond acceptors (Lipinski definition) is 4. The van der Waals surface area contributed by atoms with Crippen LogP contribution in [0.4, 0.5) is 9.18 Å². The van der Waals surface area contributed by atoms with E-state index in [4.69, 9.17) is 9.92 Å². The zero-order chi connectivity index (χ0) is 10.1. The van der Waals surface area contributed by atoms with Crippen molar-refractivity contribution in [1.29, 1.82) is 0 Å². The quantitative estimate of drug-likeness (QED) is 0.630. The summed E-state index contributed by atoms with van der Waals surface area (Å²) in [4.78, 5) is 12.6. The third-order valence-electron chi connectivity index (χ3n) is 2.09. The smallest absolute Gasteiger partial charge is 0.313 e. The zero-order valence-electron chi connectivity index (χ0n) is 7.27. The minimum atomic E-state index is -0.997. The van der Waals surface area contributed by atoms with Crippen LogP contribution in [-0.2, 0) is 4.18 Å². The highest BCUT2D eigenvalue weighted by atomic mass is 32.2. The third-order valence-corrected chi connectivity index (χ3v) is 3.08.